The minimum absolute atomic E-state index is 0. The summed E-state index contributed by atoms with van der Waals surface area (Å²) in [5.41, 5.74) is 1.99. The van der Waals surface area contributed by atoms with Gasteiger partial charge in [0.15, 0.2) is 0 Å². The number of nitrogens with one attached hydrogen (secondary N) is 1. The minimum Gasteiger partial charge on any atom is -0.497 e. The molecule has 2 aromatic rings. The molecule has 0 fully saturated rings. The monoisotopic (exact) mass is 410 g/mol. The minimum atomic E-state index is -0.405. The van der Waals surface area contributed by atoms with Gasteiger partial charge in [-0.25, -0.2) is 4.79 Å². The third kappa shape index (κ3) is 4.43. The second-order valence-corrected chi connectivity index (χ2v) is 7.11. The molecule has 0 radical (unpaired) electrons. The van der Waals surface area contributed by atoms with Crippen LogP contribution in [-0.4, -0.2) is 44.1 Å². The highest BCUT2D eigenvalue weighted by molar-refractivity contribution is 7.17. The number of nitrogens with zero attached hydrogens (tertiary/aromatic N) is 1. The molecule has 1 aromatic carbocycles. The zero-order chi connectivity index (χ0) is 18.7. The standard InChI is InChI=1S/C19H22N2O4S.ClH/c1-4-21-10-9-14-15(11-21)26-18(16(14)19(23)25-3)20-17(22)12-5-7-13(24-2)8-6-12;/h5-8H,4,9-11H2,1-3H3,(H,20,22);1H. The summed E-state index contributed by atoms with van der Waals surface area (Å²) in [6.45, 7) is 4.76. The van der Waals surface area contributed by atoms with Crippen molar-refractivity contribution in [3.63, 3.8) is 0 Å². The van der Waals surface area contributed by atoms with Crippen molar-refractivity contribution in [1.82, 2.24) is 4.90 Å². The molecule has 1 aromatic heterocycles. The molecule has 2 heterocycles. The van der Waals surface area contributed by atoms with E-state index in [1.165, 1.54) is 18.4 Å². The van der Waals surface area contributed by atoms with Crippen molar-refractivity contribution in [2.24, 2.45) is 0 Å². The van der Waals surface area contributed by atoms with Gasteiger partial charge in [0.25, 0.3) is 5.91 Å². The van der Waals surface area contributed by atoms with Crippen molar-refractivity contribution in [3.8, 4) is 5.75 Å². The van der Waals surface area contributed by atoms with Crippen molar-refractivity contribution in [2.45, 2.75) is 19.9 Å². The number of esters is 1. The number of methoxy groups -OCH3 is 2. The average Bonchev–Trinajstić information content (AvgIpc) is 3.04. The lowest BCUT2D eigenvalue weighted by Crippen LogP contribution is -2.29. The molecule has 0 unspecified atom stereocenters. The van der Waals surface area contributed by atoms with Gasteiger partial charge in [-0.1, -0.05) is 6.92 Å². The Bertz CT molecular complexity index is 820. The van der Waals surface area contributed by atoms with Crippen LogP contribution < -0.4 is 10.1 Å². The molecule has 6 nitrogen and oxygen atoms in total. The molecule has 27 heavy (non-hydrogen) atoms. The Morgan fingerprint density at radius 3 is 2.52 bits per heavy atom. The Balaban J connectivity index is 0.00000261. The molecule has 146 valence electrons. The van der Waals surface area contributed by atoms with Crippen LogP contribution in [0.3, 0.4) is 0 Å². The molecule has 0 atom stereocenters. The lowest BCUT2D eigenvalue weighted by Gasteiger charge is -2.25. The fourth-order valence-electron chi connectivity index (χ4n) is 3.05. The number of rotatable bonds is 5. The topological polar surface area (TPSA) is 67.9 Å². The Morgan fingerprint density at radius 2 is 1.93 bits per heavy atom. The van der Waals surface area contributed by atoms with E-state index < -0.39 is 5.97 Å². The number of hydrogen-bond donors (Lipinski definition) is 1. The van der Waals surface area contributed by atoms with Crippen LogP contribution in [0.25, 0.3) is 0 Å². The largest absolute Gasteiger partial charge is 0.497 e. The summed E-state index contributed by atoms with van der Waals surface area (Å²) >= 11 is 1.46. The lowest BCUT2D eigenvalue weighted by molar-refractivity contribution is 0.0600. The van der Waals surface area contributed by atoms with E-state index in [1.807, 2.05) is 0 Å². The Hall–Kier alpha value is -2.09. The van der Waals surface area contributed by atoms with Crippen LogP contribution in [0, 0.1) is 0 Å². The van der Waals surface area contributed by atoms with Crippen molar-refractivity contribution in [2.75, 3.05) is 32.6 Å². The molecule has 0 spiro atoms. The van der Waals surface area contributed by atoms with Crippen LogP contribution in [0.1, 0.15) is 38.1 Å². The maximum Gasteiger partial charge on any atom is 0.341 e. The number of carbonyl (C=O) groups excluding carboxylic acids is 2. The van der Waals surface area contributed by atoms with Gasteiger partial charge in [-0.2, -0.15) is 0 Å². The molecule has 1 amide bonds. The predicted octanol–water partition coefficient (Wildman–Crippen LogP) is 3.60. The average molecular weight is 411 g/mol. The van der Waals surface area contributed by atoms with E-state index >= 15 is 0 Å². The SMILES string of the molecule is CCN1CCc2c(sc(NC(=O)c3ccc(OC)cc3)c2C(=O)OC)C1.Cl. The highest BCUT2D eigenvalue weighted by atomic mass is 35.5. The van der Waals surface area contributed by atoms with Crippen LogP contribution in [0.4, 0.5) is 5.00 Å². The van der Waals surface area contributed by atoms with Crippen LogP contribution in [0.2, 0.25) is 0 Å². The van der Waals surface area contributed by atoms with Gasteiger partial charge < -0.3 is 14.8 Å². The maximum absolute atomic E-state index is 12.6. The summed E-state index contributed by atoms with van der Waals surface area (Å²) in [6, 6.07) is 6.85. The van der Waals surface area contributed by atoms with Gasteiger partial charge in [0.05, 0.1) is 19.8 Å². The van der Waals surface area contributed by atoms with Gasteiger partial charge >= 0.3 is 5.97 Å². The molecule has 1 aliphatic heterocycles. The first-order valence-electron chi connectivity index (χ1n) is 8.48. The van der Waals surface area contributed by atoms with Gasteiger partial charge in [0.2, 0.25) is 0 Å². The first-order chi connectivity index (χ1) is 12.6. The maximum atomic E-state index is 12.6. The summed E-state index contributed by atoms with van der Waals surface area (Å²) in [4.78, 5) is 28.4. The summed E-state index contributed by atoms with van der Waals surface area (Å²) in [6.07, 6.45) is 0.780. The number of hydrogen-bond acceptors (Lipinski definition) is 6. The van der Waals surface area contributed by atoms with Crippen LogP contribution in [-0.2, 0) is 17.7 Å². The number of benzene rings is 1. The van der Waals surface area contributed by atoms with Crippen molar-refractivity contribution in [1.29, 1.82) is 0 Å². The zero-order valence-corrected chi connectivity index (χ0v) is 17.2. The quantitative estimate of drug-likeness (QED) is 0.763. The van der Waals surface area contributed by atoms with Crippen LogP contribution in [0.15, 0.2) is 24.3 Å². The fraction of sp³-hybridized carbons (Fsp3) is 0.368. The van der Waals surface area contributed by atoms with E-state index in [0.717, 1.165) is 36.5 Å². The number of amides is 1. The molecule has 3 rings (SSSR count). The molecule has 0 saturated heterocycles. The van der Waals surface area contributed by atoms with E-state index in [4.69, 9.17) is 9.47 Å². The van der Waals surface area contributed by atoms with Gasteiger partial charge in [-0.3, -0.25) is 9.69 Å². The first-order valence-corrected chi connectivity index (χ1v) is 9.29. The predicted molar refractivity (Wildman–Crippen MR) is 109 cm³/mol. The summed E-state index contributed by atoms with van der Waals surface area (Å²) in [7, 11) is 2.94. The number of carbonyl (C=O) groups is 2. The number of thiophene rings is 1. The van der Waals surface area contributed by atoms with Crippen molar-refractivity contribution in [3.05, 3.63) is 45.8 Å². The summed E-state index contributed by atoms with van der Waals surface area (Å²) < 4.78 is 10.1. The second-order valence-electron chi connectivity index (χ2n) is 6.00. The van der Waals surface area contributed by atoms with Crippen molar-refractivity contribution < 1.29 is 19.1 Å². The van der Waals surface area contributed by atoms with Crippen LogP contribution in [0.5, 0.6) is 5.75 Å². The summed E-state index contributed by atoms with van der Waals surface area (Å²) in [5.74, 6) is 0.0178. The van der Waals surface area contributed by atoms with E-state index in [9.17, 15) is 9.59 Å². The number of likely N-dealkylation sites (N-methyl/N-ethyl adjacent to an activating group) is 1. The second kappa shape index (κ2) is 9.21. The number of ether oxygens (including phenoxy) is 2. The van der Waals surface area contributed by atoms with Gasteiger partial charge in [-0.15, -0.1) is 23.7 Å². The smallest absolute Gasteiger partial charge is 0.341 e. The third-order valence-electron chi connectivity index (χ3n) is 4.55. The van der Waals surface area contributed by atoms with Crippen LogP contribution >= 0.6 is 23.7 Å². The molecule has 1 N–H and O–H groups in total. The lowest BCUT2D eigenvalue weighted by atomic mass is 10.0. The number of fused-ring (bicyclic) bond motifs is 1. The fourth-order valence-corrected chi connectivity index (χ4v) is 4.32. The summed E-state index contributed by atoms with van der Waals surface area (Å²) in [5, 5.41) is 3.45. The zero-order valence-electron chi connectivity index (χ0n) is 15.5. The Morgan fingerprint density at radius 1 is 1.22 bits per heavy atom. The number of anilines is 1. The Kier molecular flexibility index (Phi) is 7.24. The van der Waals surface area contributed by atoms with Gasteiger partial charge in [0.1, 0.15) is 10.8 Å². The normalized spacial score (nSPS) is 13.3. The molecule has 8 heteroatoms. The Labute approximate surface area is 168 Å². The van der Waals surface area contributed by atoms with Gasteiger partial charge in [-0.05, 0) is 42.8 Å². The van der Waals surface area contributed by atoms with E-state index in [-0.39, 0.29) is 18.3 Å². The first kappa shape index (κ1) is 21.2. The highest BCUT2D eigenvalue weighted by Gasteiger charge is 2.29. The van der Waals surface area contributed by atoms with Crippen molar-refractivity contribution >= 4 is 40.6 Å². The molecule has 1 aliphatic rings. The molecule has 0 bridgehead atoms. The molecular formula is C19H23ClN2O4S. The van der Waals surface area contributed by atoms with Gasteiger partial charge in [0, 0.05) is 23.5 Å². The third-order valence-corrected chi connectivity index (χ3v) is 5.68. The molecule has 0 aliphatic carbocycles. The molecule has 0 saturated carbocycles. The number of halogens is 1. The van der Waals surface area contributed by atoms with E-state index in [2.05, 4.69) is 17.1 Å². The van der Waals surface area contributed by atoms with E-state index in [1.54, 1.807) is 31.4 Å². The van der Waals surface area contributed by atoms with E-state index in [0.29, 0.717) is 21.9 Å². The molecular weight excluding hydrogens is 388 g/mol. The highest BCUT2D eigenvalue weighted by Crippen LogP contribution is 2.37.